The third kappa shape index (κ3) is 3.04. The fourth-order valence-corrected chi connectivity index (χ4v) is 1.15. The molecule has 2 heteroatoms. The standard InChI is InChI=1S/C12H19NO/c1-10-7-5-6-8-11(10)13-9-12(2,3)14-4/h5-8,13H,9H2,1-4H3. The summed E-state index contributed by atoms with van der Waals surface area (Å²) in [4.78, 5) is 0. The van der Waals surface area contributed by atoms with E-state index in [2.05, 4.69) is 38.2 Å². The molecule has 1 aromatic rings. The second-order valence-corrected chi connectivity index (χ2v) is 4.13. The van der Waals surface area contributed by atoms with Gasteiger partial charge in [-0.15, -0.1) is 0 Å². The van der Waals surface area contributed by atoms with E-state index in [9.17, 15) is 0 Å². The molecule has 0 bridgehead atoms. The summed E-state index contributed by atoms with van der Waals surface area (Å²) in [6.07, 6.45) is 0. The van der Waals surface area contributed by atoms with E-state index >= 15 is 0 Å². The monoisotopic (exact) mass is 193 g/mol. The molecule has 0 heterocycles. The predicted octanol–water partition coefficient (Wildman–Crippen LogP) is 2.83. The van der Waals surface area contributed by atoms with Crippen LogP contribution in [0.3, 0.4) is 0 Å². The Balaban J connectivity index is 2.58. The van der Waals surface area contributed by atoms with E-state index in [4.69, 9.17) is 4.74 Å². The van der Waals surface area contributed by atoms with Gasteiger partial charge in [-0.2, -0.15) is 0 Å². The van der Waals surface area contributed by atoms with Gasteiger partial charge in [-0.3, -0.25) is 0 Å². The lowest BCUT2D eigenvalue weighted by molar-refractivity contribution is 0.0344. The molecule has 0 atom stereocenters. The first-order valence-corrected chi connectivity index (χ1v) is 4.90. The van der Waals surface area contributed by atoms with Crippen LogP contribution in [0.15, 0.2) is 24.3 Å². The van der Waals surface area contributed by atoms with Gasteiger partial charge in [-0.05, 0) is 32.4 Å². The van der Waals surface area contributed by atoms with E-state index in [1.807, 2.05) is 12.1 Å². The van der Waals surface area contributed by atoms with Crippen molar-refractivity contribution in [3.8, 4) is 0 Å². The second kappa shape index (κ2) is 4.47. The van der Waals surface area contributed by atoms with Crippen LogP contribution in [0.2, 0.25) is 0 Å². The highest BCUT2D eigenvalue weighted by molar-refractivity contribution is 5.50. The number of ether oxygens (including phenoxy) is 1. The number of hydrogen-bond acceptors (Lipinski definition) is 2. The average molecular weight is 193 g/mol. The van der Waals surface area contributed by atoms with Crippen molar-refractivity contribution < 1.29 is 4.74 Å². The number of nitrogens with one attached hydrogen (secondary N) is 1. The van der Waals surface area contributed by atoms with Gasteiger partial charge in [0, 0.05) is 19.3 Å². The zero-order valence-corrected chi connectivity index (χ0v) is 9.42. The van der Waals surface area contributed by atoms with E-state index in [1.165, 1.54) is 11.3 Å². The third-order valence-corrected chi connectivity index (χ3v) is 2.40. The van der Waals surface area contributed by atoms with Crippen molar-refractivity contribution in [1.82, 2.24) is 0 Å². The molecule has 78 valence electrons. The lowest BCUT2D eigenvalue weighted by Crippen LogP contribution is -2.32. The summed E-state index contributed by atoms with van der Waals surface area (Å²) >= 11 is 0. The first-order valence-electron chi connectivity index (χ1n) is 4.90. The van der Waals surface area contributed by atoms with Crippen LogP contribution in [0.4, 0.5) is 5.69 Å². The minimum Gasteiger partial charge on any atom is -0.382 e. The molecule has 0 saturated heterocycles. The van der Waals surface area contributed by atoms with Crippen molar-refractivity contribution in [2.45, 2.75) is 26.4 Å². The number of hydrogen-bond donors (Lipinski definition) is 1. The lowest BCUT2D eigenvalue weighted by atomic mass is 10.1. The van der Waals surface area contributed by atoms with E-state index in [1.54, 1.807) is 7.11 Å². The smallest absolute Gasteiger partial charge is 0.0794 e. The van der Waals surface area contributed by atoms with Gasteiger partial charge < -0.3 is 10.1 Å². The molecule has 0 aliphatic heterocycles. The predicted molar refractivity (Wildman–Crippen MR) is 60.8 cm³/mol. The summed E-state index contributed by atoms with van der Waals surface area (Å²) in [6, 6.07) is 8.26. The van der Waals surface area contributed by atoms with E-state index < -0.39 is 0 Å². The SMILES string of the molecule is COC(C)(C)CNc1ccccc1C. The van der Waals surface area contributed by atoms with Crippen molar-refractivity contribution in [3.05, 3.63) is 29.8 Å². The largest absolute Gasteiger partial charge is 0.382 e. The molecule has 0 aliphatic rings. The van der Waals surface area contributed by atoms with Crippen LogP contribution in [-0.4, -0.2) is 19.3 Å². The van der Waals surface area contributed by atoms with Crippen LogP contribution < -0.4 is 5.32 Å². The van der Waals surface area contributed by atoms with Gasteiger partial charge in [0.2, 0.25) is 0 Å². The fourth-order valence-electron chi connectivity index (χ4n) is 1.15. The quantitative estimate of drug-likeness (QED) is 0.794. The topological polar surface area (TPSA) is 21.3 Å². The molecule has 0 aromatic heterocycles. The highest BCUT2D eigenvalue weighted by Gasteiger charge is 2.15. The number of rotatable bonds is 4. The molecule has 0 spiro atoms. The van der Waals surface area contributed by atoms with Crippen molar-refractivity contribution in [2.75, 3.05) is 19.0 Å². The van der Waals surface area contributed by atoms with Gasteiger partial charge >= 0.3 is 0 Å². The average Bonchev–Trinajstić information content (AvgIpc) is 2.17. The Bertz CT molecular complexity index is 294. The third-order valence-electron chi connectivity index (χ3n) is 2.40. The zero-order valence-electron chi connectivity index (χ0n) is 9.42. The molecule has 0 radical (unpaired) electrons. The Kier molecular flexibility index (Phi) is 3.53. The first kappa shape index (κ1) is 11.1. The first-order chi connectivity index (χ1) is 6.55. The molecule has 0 saturated carbocycles. The Morgan fingerprint density at radius 2 is 1.93 bits per heavy atom. The summed E-state index contributed by atoms with van der Waals surface area (Å²) in [6.45, 7) is 7.05. The zero-order chi connectivity index (χ0) is 10.6. The number of para-hydroxylation sites is 1. The minimum absolute atomic E-state index is 0.123. The molecule has 1 rings (SSSR count). The van der Waals surface area contributed by atoms with Gasteiger partial charge in [-0.25, -0.2) is 0 Å². The van der Waals surface area contributed by atoms with Crippen molar-refractivity contribution in [3.63, 3.8) is 0 Å². The van der Waals surface area contributed by atoms with Gasteiger partial charge in [0.15, 0.2) is 0 Å². The molecular formula is C12H19NO. The maximum absolute atomic E-state index is 5.34. The molecule has 1 N–H and O–H groups in total. The molecule has 0 aliphatic carbocycles. The Hall–Kier alpha value is -1.02. The van der Waals surface area contributed by atoms with Crippen LogP contribution in [0, 0.1) is 6.92 Å². The number of aryl methyl sites for hydroxylation is 1. The highest BCUT2D eigenvalue weighted by Crippen LogP contribution is 2.15. The van der Waals surface area contributed by atoms with Crippen molar-refractivity contribution in [1.29, 1.82) is 0 Å². The maximum Gasteiger partial charge on any atom is 0.0794 e. The lowest BCUT2D eigenvalue weighted by Gasteiger charge is -2.24. The van der Waals surface area contributed by atoms with Crippen molar-refractivity contribution in [2.24, 2.45) is 0 Å². The molecule has 2 nitrogen and oxygen atoms in total. The molecule has 0 fully saturated rings. The summed E-state index contributed by atoms with van der Waals surface area (Å²) < 4.78 is 5.34. The minimum atomic E-state index is -0.123. The van der Waals surface area contributed by atoms with Gasteiger partial charge in [0.05, 0.1) is 5.60 Å². The summed E-state index contributed by atoms with van der Waals surface area (Å²) in [7, 11) is 1.74. The van der Waals surface area contributed by atoms with Crippen LogP contribution in [-0.2, 0) is 4.74 Å². The summed E-state index contributed by atoms with van der Waals surface area (Å²) in [5, 5.41) is 3.38. The molecular weight excluding hydrogens is 174 g/mol. The van der Waals surface area contributed by atoms with E-state index in [0.717, 1.165) is 6.54 Å². The number of methoxy groups -OCH3 is 1. The summed E-state index contributed by atoms with van der Waals surface area (Å²) in [5.41, 5.74) is 2.32. The molecule has 14 heavy (non-hydrogen) atoms. The molecule has 1 aromatic carbocycles. The van der Waals surface area contributed by atoms with Crippen molar-refractivity contribution >= 4 is 5.69 Å². The van der Waals surface area contributed by atoms with Gasteiger partial charge in [0.25, 0.3) is 0 Å². The van der Waals surface area contributed by atoms with Gasteiger partial charge in [-0.1, -0.05) is 18.2 Å². The van der Waals surface area contributed by atoms with E-state index in [-0.39, 0.29) is 5.60 Å². The Morgan fingerprint density at radius 1 is 1.29 bits per heavy atom. The normalized spacial score (nSPS) is 11.4. The Morgan fingerprint density at radius 3 is 2.50 bits per heavy atom. The number of benzene rings is 1. The molecule has 0 amide bonds. The van der Waals surface area contributed by atoms with Gasteiger partial charge in [0.1, 0.15) is 0 Å². The molecule has 0 unspecified atom stereocenters. The summed E-state index contributed by atoms with van der Waals surface area (Å²) in [5.74, 6) is 0. The van der Waals surface area contributed by atoms with Crippen LogP contribution in [0.5, 0.6) is 0 Å². The van der Waals surface area contributed by atoms with Crippen LogP contribution >= 0.6 is 0 Å². The fraction of sp³-hybridized carbons (Fsp3) is 0.500. The number of anilines is 1. The maximum atomic E-state index is 5.34. The Labute approximate surface area is 86.3 Å². The van der Waals surface area contributed by atoms with Crippen LogP contribution in [0.25, 0.3) is 0 Å². The highest BCUT2D eigenvalue weighted by atomic mass is 16.5. The second-order valence-electron chi connectivity index (χ2n) is 4.13. The van der Waals surface area contributed by atoms with E-state index in [0.29, 0.717) is 0 Å². The van der Waals surface area contributed by atoms with Crippen LogP contribution in [0.1, 0.15) is 19.4 Å².